The van der Waals surface area contributed by atoms with Crippen LogP contribution in [-0.4, -0.2) is 26.3 Å². The first-order valence-electron chi connectivity index (χ1n) is 6.16. The van der Waals surface area contributed by atoms with Gasteiger partial charge >= 0.3 is 0 Å². The fourth-order valence-electron chi connectivity index (χ4n) is 1.37. The number of rotatable bonds is 11. The molecule has 0 radical (unpaired) electrons. The summed E-state index contributed by atoms with van der Waals surface area (Å²) in [6.45, 7) is 12.0. The van der Waals surface area contributed by atoms with E-state index in [0.717, 1.165) is 25.6 Å². The average Bonchev–Trinajstić information content (AvgIpc) is 2.20. The molecule has 0 atom stereocenters. The van der Waals surface area contributed by atoms with Crippen LogP contribution in [0.1, 0.15) is 39.5 Å². The van der Waals surface area contributed by atoms with E-state index in [-0.39, 0.29) is 0 Å². The normalized spacial score (nSPS) is 10.9. The minimum Gasteiger partial charge on any atom is -0.377 e. The van der Waals surface area contributed by atoms with Crippen molar-refractivity contribution in [3.8, 4) is 0 Å². The van der Waals surface area contributed by atoms with Gasteiger partial charge in [0.05, 0.1) is 6.61 Å². The molecular weight excluding hydrogens is 186 g/mol. The van der Waals surface area contributed by atoms with Crippen molar-refractivity contribution in [2.24, 2.45) is 5.92 Å². The van der Waals surface area contributed by atoms with E-state index in [1.165, 1.54) is 25.7 Å². The Balaban J connectivity index is 2.89. The maximum absolute atomic E-state index is 5.31. The molecule has 2 nitrogen and oxygen atoms in total. The molecule has 0 bridgehead atoms. The predicted molar refractivity (Wildman–Crippen MR) is 67.2 cm³/mol. The lowest BCUT2D eigenvalue weighted by Crippen LogP contribution is -2.20. The Morgan fingerprint density at radius 2 is 1.93 bits per heavy atom. The highest BCUT2D eigenvalue weighted by Crippen LogP contribution is 1.99. The summed E-state index contributed by atoms with van der Waals surface area (Å²) in [4.78, 5) is 0. The summed E-state index contributed by atoms with van der Waals surface area (Å²) in [6, 6.07) is 0. The SMILES string of the molecule is C=CCOCCCCCCNCC(C)C. The highest BCUT2D eigenvalue weighted by atomic mass is 16.5. The molecule has 0 aliphatic carbocycles. The summed E-state index contributed by atoms with van der Waals surface area (Å²) in [7, 11) is 0. The van der Waals surface area contributed by atoms with Crippen LogP contribution in [0.2, 0.25) is 0 Å². The first kappa shape index (κ1) is 14.7. The lowest BCUT2D eigenvalue weighted by molar-refractivity contribution is 0.157. The minimum atomic E-state index is 0.690. The molecule has 0 aromatic rings. The second-order valence-electron chi connectivity index (χ2n) is 4.38. The van der Waals surface area contributed by atoms with Crippen LogP contribution < -0.4 is 5.32 Å². The Morgan fingerprint density at radius 3 is 2.60 bits per heavy atom. The number of ether oxygens (including phenoxy) is 1. The van der Waals surface area contributed by atoms with E-state index in [1.54, 1.807) is 6.08 Å². The second kappa shape index (κ2) is 11.7. The fraction of sp³-hybridized carbons (Fsp3) is 0.846. The van der Waals surface area contributed by atoms with Crippen LogP contribution in [0.4, 0.5) is 0 Å². The zero-order valence-electron chi connectivity index (χ0n) is 10.4. The van der Waals surface area contributed by atoms with Crippen LogP contribution in [0.3, 0.4) is 0 Å². The molecule has 0 rings (SSSR count). The molecule has 0 saturated heterocycles. The number of hydrogen-bond donors (Lipinski definition) is 1. The molecule has 2 heteroatoms. The van der Waals surface area contributed by atoms with Gasteiger partial charge in [0.2, 0.25) is 0 Å². The molecule has 0 unspecified atom stereocenters. The molecule has 0 spiro atoms. The van der Waals surface area contributed by atoms with Crippen molar-refractivity contribution in [3.05, 3.63) is 12.7 Å². The van der Waals surface area contributed by atoms with Crippen LogP contribution in [0.25, 0.3) is 0 Å². The van der Waals surface area contributed by atoms with Crippen molar-refractivity contribution in [3.63, 3.8) is 0 Å². The maximum Gasteiger partial charge on any atom is 0.0644 e. The number of hydrogen-bond acceptors (Lipinski definition) is 2. The van der Waals surface area contributed by atoms with Gasteiger partial charge in [0.1, 0.15) is 0 Å². The topological polar surface area (TPSA) is 21.3 Å². The van der Waals surface area contributed by atoms with Gasteiger partial charge in [0.15, 0.2) is 0 Å². The van der Waals surface area contributed by atoms with E-state index in [2.05, 4.69) is 25.7 Å². The van der Waals surface area contributed by atoms with E-state index < -0.39 is 0 Å². The van der Waals surface area contributed by atoms with Crippen LogP contribution in [0, 0.1) is 5.92 Å². The van der Waals surface area contributed by atoms with Crippen molar-refractivity contribution in [1.29, 1.82) is 0 Å². The molecule has 0 heterocycles. The van der Waals surface area contributed by atoms with Gasteiger partial charge in [-0.1, -0.05) is 32.8 Å². The van der Waals surface area contributed by atoms with Gasteiger partial charge in [0, 0.05) is 6.61 Å². The summed E-state index contributed by atoms with van der Waals surface area (Å²) in [5.74, 6) is 0.761. The summed E-state index contributed by atoms with van der Waals surface area (Å²) < 4.78 is 5.31. The molecule has 1 N–H and O–H groups in total. The van der Waals surface area contributed by atoms with E-state index >= 15 is 0 Å². The Kier molecular flexibility index (Phi) is 11.5. The third kappa shape index (κ3) is 13.7. The maximum atomic E-state index is 5.31. The smallest absolute Gasteiger partial charge is 0.0644 e. The third-order valence-electron chi connectivity index (χ3n) is 2.18. The van der Waals surface area contributed by atoms with Crippen LogP contribution in [-0.2, 0) is 4.74 Å². The van der Waals surface area contributed by atoms with Gasteiger partial charge in [0.25, 0.3) is 0 Å². The van der Waals surface area contributed by atoms with E-state index in [9.17, 15) is 0 Å². The third-order valence-corrected chi connectivity index (χ3v) is 2.18. The zero-order chi connectivity index (χ0) is 11.4. The Bertz CT molecular complexity index is 134. The quantitative estimate of drug-likeness (QED) is 0.421. The van der Waals surface area contributed by atoms with Crippen molar-refractivity contribution in [1.82, 2.24) is 5.32 Å². The van der Waals surface area contributed by atoms with Crippen LogP contribution in [0.5, 0.6) is 0 Å². The van der Waals surface area contributed by atoms with Gasteiger partial charge in [-0.05, 0) is 31.8 Å². The highest BCUT2D eigenvalue weighted by Gasteiger charge is 1.93. The molecule has 0 fully saturated rings. The van der Waals surface area contributed by atoms with Gasteiger partial charge in [-0.2, -0.15) is 0 Å². The van der Waals surface area contributed by atoms with E-state index in [1.807, 2.05) is 0 Å². The Morgan fingerprint density at radius 1 is 1.20 bits per heavy atom. The molecule has 90 valence electrons. The van der Waals surface area contributed by atoms with Crippen LogP contribution in [0.15, 0.2) is 12.7 Å². The monoisotopic (exact) mass is 213 g/mol. The first-order chi connectivity index (χ1) is 7.27. The van der Waals surface area contributed by atoms with Crippen molar-refractivity contribution >= 4 is 0 Å². The average molecular weight is 213 g/mol. The summed E-state index contributed by atoms with van der Waals surface area (Å²) in [5.41, 5.74) is 0. The van der Waals surface area contributed by atoms with Crippen LogP contribution >= 0.6 is 0 Å². The standard InChI is InChI=1S/C13H27NO/c1-4-10-15-11-8-6-5-7-9-14-12-13(2)3/h4,13-14H,1,5-12H2,2-3H3. The molecule has 0 aromatic carbocycles. The number of unbranched alkanes of at least 4 members (excludes halogenated alkanes) is 3. The molecule has 0 saturated carbocycles. The number of nitrogens with one attached hydrogen (secondary N) is 1. The molecule has 0 amide bonds. The minimum absolute atomic E-state index is 0.690. The van der Waals surface area contributed by atoms with Gasteiger partial charge in [-0.25, -0.2) is 0 Å². The molecule has 15 heavy (non-hydrogen) atoms. The molecule has 0 aliphatic rings. The molecule has 0 aromatic heterocycles. The summed E-state index contributed by atoms with van der Waals surface area (Å²) >= 11 is 0. The van der Waals surface area contributed by atoms with Crippen molar-refractivity contribution < 1.29 is 4.74 Å². The van der Waals surface area contributed by atoms with Crippen molar-refractivity contribution in [2.45, 2.75) is 39.5 Å². The predicted octanol–water partition coefficient (Wildman–Crippen LogP) is 3.00. The Hall–Kier alpha value is -0.340. The molecule has 0 aliphatic heterocycles. The van der Waals surface area contributed by atoms with Gasteiger partial charge in [-0.15, -0.1) is 6.58 Å². The summed E-state index contributed by atoms with van der Waals surface area (Å²) in [5, 5.41) is 3.45. The highest BCUT2D eigenvalue weighted by molar-refractivity contribution is 4.63. The zero-order valence-corrected chi connectivity index (χ0v) is 10.4. The van der Waals surface area contributed by atoms with Gasteiger partial charge < -0.3 is 10.1 Å². The molecular formula is C13H27NO. The largest absolute Gasteiger partial charge is 0.377 e. The summed E-state index contributed by atoms with van der Waals surface area (Å²) in [6.07, 6.45) is 6.85. The lowest BCUT2D eigenvalue weighted by Gasteiger charge is -2.06. The first-order valence-corrected chi connectivity index (χ1v) is 6.16. The lowest BCUT2D eigenvalue weighted by atomic mass is 10.2. The van der Waals surface area contributed by atoms with Gasteiger partial charge in [-0.3, -0.25) is 0 Å². The van der Waals surface area contributed by atoms with Crippen molar-refractivity contribution in [2.75, 3.05) is 26.3 Å². The van der Waals surface area contributed by atoms with E-state index in [0.29, 0.717) is 6.61 Å². The Labute approximate surface area is 95.1 Å². The fourth-order valence-corrected chi connectivity index (χ4v) is 1.37. The second-order valence-corrected chi connectivity index (χ2v) is 4.38. The van der Waals surface area contributed by atoms with E-state index in [4.69, 9.17) is 4.74 Å².